The molecule has 0 bridgehead atoms. The van der Waals surface area contributed by atoms with Gasteiger partial charge in [-0.15, -0.1) is 0 Å². The van der Waals surface area contributed by atoms with E-state index in [0.717, 1.165) is 38.1 Å². The molecule has 132 valence electrons. The second-order valence-electron chi connectivity index (χ2n) is 7.02. The van der Waals surface area contributed by atoms with Crippen molar-refractivity contribution in [3.8, 4) is 5.75 Å². The van der Waals surface area contributed by atoms with Gasteiger partial charge in [0.25, 0.3) is 5.91 Å². The summed E-state index contributed by atoms with van der Waals surface area (Å²) in [5, 5.41) is 3.79. The molecule has 1 aromatic rings. The Labute approximate surface area is 145 Å². The zero-order valence-corrected chi connectivity index (χ0v) is 14.8. The zero-order valence-electron chi connectivity index (χ0n) is 14.8. The summed E-state index contributed by atoms with van der Waals surface area (Å²) in [6, 6.07) is 9.09. The molecule has 1 aliphatic heterocycles. The average Bonchev–Trinajstić information content (AvgIpc) is 3.31. The molecule has 0 aromatic heterocycles. The summed E-state index contributed by atoms with van der Waals surface area (Å²) in [5.74, 6) is 0.960. The van der Waals surface area contributed by atoms with E-state index in [1.807, 2.05) is 17.0 Å². The van der Waals surface area contributed by atoms with Crippen molar-refractivity contribution in [1.82, 2.24) is 10.2 Å². The van der Waals surface area contributed by atoms with Crippen molar-refractivity contribution in [1.29, 1.82) is 0 Å². The minimum absolute atomic E-state index is 0.110. The van der Waals surface area contributed by atoms with E-state index in [0.29, 0.717) is 12.1 Å². The monoisotopic (exact) mass is 330 g/mol. The lowest BCUT2D eigenvalue weighted by atomic mass is 10.0. The van der Waals surface area contributed by atoms with Crippen molar-refractivity contribution in [2.45, 2.75) is 64.0 Å². The van der Waals surface area contributed by atoms with E-state index in [-0.39, 0.29) is 12.5 Å². The lowest BCUT2D eigenvalue weighted by Crippen LogP contribution is -2.33. The first-order valence-corrected chi connectivity index (χ1v) is 9.53. The number of para-hydroxylation sites is 1. The topological polar surface area (TPSA) is 41.6 Å². The minimum Gasteiger partial charge on any atom is -0.483 e. The molecule has 0 spiro atoms. The van der Waals surface area contributed by atoms with E-state index >= 15 is 0 Å². The summed E-state index contributed by atoms with van der Waals surface area (Å²) >= 11 is 0. The molecular weight excluding hydrogens is 300 g/mol. The first kappa shape index (κ1) is 17.3. The maximum atomic E-state index is 12.2. The van der Waals surface area contributed by atoms with Crippen molar-refractivity contribution in [2.75, 3.05) is 19.7 Å². The molecule has 1 aromatic carbocycles. The van der Waals surface area contributed by atoms with Gasteiger partial charge in [0.1, 0.15) is 5.75 Å². The molecule has 1 atom stereocenters. The van der Waals surface area contributed by atoms with E-state index < -0.39 is 0 Å². The van der Waals surface area contributed by atoms with Gasteiger partial charge in [-0.1, -0.05) is 38.0 Å². The smallest absolute Gasteiger partial charge is 0.260 e. The Kier molecular flexibility index (Phi) is 6.13. The van der Waals surface area contributed by atoms with Crippen LogP contribution in [0.15, 0.2) is 24.3 Å². The van der Waals surface area contributed by atoms with Gasteiger partial charge in [0, 0.05) is 30.7 Å². The number of amides is 1. The fraction of sp³-hybridized carbons (Fsp3) is 0.650. The van der Waals surface area contributed by atoms with Crippen LogP contribution in [-0.2, 0) is 4.79 Å². The quantitative estimate of drug-likeness (QED) is 0.829. The summed E-state index contributed by atoms with van der Waals surface area (Å²) in [6.45, 7) is 4.12. The minimum atomic E-state index is 0.110. The van der Waals surface area contributed by atoms with Gasteiger partial charge < -0.3 is 15.0 Å². The van der Waals surface area contributed by atoms with Gasteiger partial charge in [0.15, 0.2) is 6.61 Å². The number of nitrogens with one attached hydrogen (secondary N) is 1. The molecule has 1 saturated carbocycles. The van der Waals surface area contributed by atoms with Gasteiger partial charge in [-0.3, -0.25) is 4.79 Å². The highest BCUT2D eigenvalue weighted by Crippen LogP contribution is 2.30. The van der Waals surface area contributed by atoms with Crippen LogP contribution in [0.4, 0.5) is 0 Å². The Bertz CT molecular complexity index is 534. The number of ether oxygens (including phenoxy) is 1. The third-order valence-electron chi connectivity index (χ3n) is 5.30. The summed E-state index contributed by atoms with van der Waals surface area (Å²) in [7, 11) is 0. The Morgan fingerprint density at radius 3 is 2.62 bits per heavy atom. The summed E-state index contributed by atoms with van der Waals surface area (Å²) in [6.07, 6.45) is 8.46. The largest absolute Gasteiger partial charge is 0.483 e. The molecule has 24 heavy (non-hydrogen) atoms. The molecule has 1 N–H and O–H groups in total. The molecule has 4 nitrogen and oxygen atoms in total. The third kappa shape index (κ3) is 4.29. The van der Waals surface area contributed by atoms with Crippen molar-refractivity contribution < 1.29 is 9.53 Å². The predicted octanol–water partition coefficient (Wildman–Crippen LogP) is 3.67. The molecule has 1 aliphatic carbocycles. The standard InChI is InChI=1S/C20H30N2O2/c1-2-18(21-16-9-3-4-10-16)17-11-5-6-12-19(17)24-15-20(23)22-13-7-8-14-22/h5-6,11-12,16,18,21H,2-4,7-10,13-15H2,1H3. The highest BCUT2D eigenvalue weighted by Gasteiger charge is 2.22. The Hall–Kier alpha value is -1.55. The highest BCUT2D eigenvalue weighted by molar-refractivity contribution is 5.78. The van der Waals surface area contributed by atoms with E-state index in [9.17, 15) is 4.79 Å². The first-order valence-electron chi connectivity index (χ1n) is 9.53. The Morgan fingerprint density at radius 2 is 1.92 bits per heavy atom. The number of hydrogen-bond donors (Lipinski definition) is 1. The molecule has 2 aliphatic rings. The summed E-state index contributed by atoms with van der Waals surface area (Å²) in [5.41, 5.74) is 1.18. The van der Waals surface area contributed by atoms with Gasteiger partial charge in [-0.2, -0.15) is 0 Å². The third-order valence-corrected chi connectivity index (χ3v) is 5.30. The van der Waals surface area contributed by atoms with E-state index in [2.05, 4.69) is 24.4 Å². The molecule has 1 heterocycles. The molecule has 0 radical (unpaired) electrons. The molecule has 1 amide bonds. The van der Waals surface area contributed by atoms with Crippen molar-refractivity contribution in [3.63, 3.8) is 0 Å². The van der Waals surface area contributed by atoms with Crippen LogP contribution in [0.2, 0.25) is 0 Å². The molecule has 1 unspecified atom stereocenters. The molecule has 3 rings (SSSR count). The number of rotatable bonds is 7. The van der Waals surface area contributed by atoms with Gasteiger partial charge in [-0.25, -0.2) is 0 Å². The van der Waals surface area contributed by atoms with E-state index in [1.165, 1.54) is 31.2 Å². The van der Waals surface area contributed by atoms with Crippen LogP contribution < -0.4 is 10.1 Å². The normalized spacial score (nSPS) is 19.6. The average molecular weight is 330 g/mol. The molecular formula is C20H30N2O2. The number of benzene rings is 1. The molecule has 4 heteroatoms. The van der Waals surface area contributed by atoms with Gasteiger partial charge in [-0.05, 0) is 38.2 Å². The van der Waals surface area contributed by atoms with Crippen LogP contribution in [0.1, 0.15) is 63.5 Å². The zero-order chi connectivity index (χ0) is 16.8. The van der Waals surface area contributed by atoms with E-state index in [1.54, 1.807) is 0 Å². The van der Waals surface area contributed by atoms with Gasteiger partial charge in [0.2, 0.25) is 0 Å². The number of nitrogens with zero attached hydrogens (tertiary/aromatic N) is 1. The van der Waals surface area contributed by atoms with Crippen molar-refractivity contribution in [3.05, 3.63) is 29.8 Å². The fourth-order valence-electron chi connectivity index (χ4n) is 3.90. The second kappa shape index (κ2) is 8.52. The van der Waals surface area contributed by atoms with Crippen molar-refractivity contribution >= 4 is 5.91 Å². The van der Waals surface area contributed by atoms with Gasteiger partial charge in [0.05, 0.1) is 0 Å². The highest BCUT2D eigenvalue weighted by atomic mass is 16.5. The van der Waals surface area contributed by atoms with Crippen LogP contribution in [0.3, 0.4) is 0 Å². The molecule has 1 saturated heterocycles. The van der Waals surface area contributed by atoms with Crippen LogP contribution >= 0.6 is 0 Å². The molecule has 2 fully saturated rings. The maximum absolute atomic E-state index is 12.2. The van der Waals surface area contributed by atoms with Crippen LogP contribution in [0.5, 0.6) is 5.75 Å². The Balaban J connectivity index is 1.63. The van der Waals surface area contributed by atoms with Gasteiger partial charge >= 0.3 is 0 Å². The Morgan fingerprint density at radius 1 is 1.21 bits per heavy atom. The van der Waals surface area contributed by atoms with Crippen molar-refractivity contribution in [2.24, 2.45) is 0 Å². The van der Waals surface area contributed by atoms with E-state index in [4.69, 9.17) is 4.74 Å². The fourth-order valence-corrected chi connectivity index (χ4v) is 3.90. The second-order valence-corrected chi connectivity index (χ2v) is 7.02. The number of hydrogen-bond acceptors (Lipinski definition) is 3. The predicted molar refractivity (Wildman–Crippen MR) is 96.2 cm³/mol. The van der Waals surface area contributed by atoms with Crippen LogP contribution in [-0.4, -0.2) is 36.5 Å². The lowest BCUT2D eigenvalue weighted by molar-refractivity contribution is -0.132. The summed E-state index contributed by atoms with van der Waals surface area (Å²) < 4.78 is 5.93. The first-order chi connectivity index (χ1) is 11.8. The lowest BCUT2D eigenvalue weighted by Gasteiger charge is -2.24. The number of likely N-dealkylation sites (tertiary alicyclic amines) is 1. The number of carbonyl (C=O) groups is 1. The maximum Gasteiger partial charge on any atom is 0.260 e. The van der Waals surface area contributed by atoms with Crippen LogP contribution in [0, 0.1) is 0 Å². The SMILES string of the molecule is CCC(NC1CCCC1)c1ccccc1OCC(=O)N1CCCC1. The number of carbonyl (C=O) groups excluding carboxylic acids is 1. The summed E-state index contributed by atoms with van der Waals surface area (Å²) in [4.78, 5) is 14.1. The van der Waals surface area contributed by atoms with Crippen LogP contribution in [0.25, 0.3) is 0 Å².